The highest BCUT2D eigenvalue weighted by molar-refractivity contribution is 8.00. The van der Waals surface area contributed by atoms with Gasteiger partial charge in [-0.15, -0.1) is 16.9 Å². The molecule has 0 aliphatic carbocycles. The van der Waals surface area contributed by atoms with Gasteiger partial charge >= 0.3 is 5.97 Å². The number of piperazine rings is 1. The first-order chi connectivity index (χ1) is 14.4. The number of tetrazole rings is 1. The molecule has 3 N–H and O–H groups in total. The summed E-state index contributed by atoms with van der Waals surface area (Å²) in [6, 6.07) is 0. The fraction of sp³-hybridized carbons (Fsp3) is 0.647. The molecule has 3 aliphatic rings. The first-order valence-electron chi connectivity index (χ1n) is 9.71. The number of carbonyl (C=O) groups is 2. The Morgan fingerprint density at radius 3 is 2.77 bits per heavy atom. The quantitative estimate of drug-likeness (QED) is 0.378. The number of hydrogen-bond acceptors (Lipinski definition) is 10. The van der Waals surface area contributed by atoms with E-state index in [9.17, 15) is 14.7 Å². The Morgan fingerprint density at radius 2 is 2.10 bits per heavy atom. The van der Waals surface area contributed by atoms with Gasteiger partial charge in [-0.3, -0.25) is 9.69 Å². The molecule has 4 rings (SSSR count). The van der Waals surface area contributed by atoms with Crippen molar-refractivity contribution in [3.05, 3.63) is 11.5 Å². The van der Waals surface area contributed by atoms with Crippen LogP contribution in [0.4, 0.5) is 0 Å². The first kappa shape index (κ1) is 21.3. The Kier molecular flexibility index (Phi) is 5.90. The Balaban J connectivity index is 1.51. The molecule has 4 heterocycles. The van der Waals surface area contributed by atoms with Crippen LogP contribution in [0.2, 0.25) is 0 Å². The third-order valence-electron chi connectivity index (χ3n) is 5.78. The van der Waals surface area contributed by atoms with Gasteiger partial charge in [-0.05, 0) is 23.9 Å². The number of nitrogens with zero attached hydrogens (tertiary/aromatic N) is 7. The second-order valence-electron chi connectivity index (χ2n) is 7.75. The van der Waals surface area contributed by atoms with E-state index in [0.717, 1.165) is 39.1 Å². The number of thioether (sulfide) groups is 1. The van der Waals surface area contributed by atoms with Crippen LogP contribution in [0.1, 0.15) is 12.2 Å². The van der Waals surface area contributed by atoms with E-state index < -0.39 is 22.8 Å². The van der Waals surface area contributed by atoms with Gasteiger partial charge in [0, 0.05) is 56.0 Å². The number of thiocarbonyl (C=S) groups is 1. The zero-order valence-electron chi connectivity index (χ0n) is 16.6. The maximum absolute atomic E-state index is 12.6. The minimum Gasteiger partial charge on any atom is -0.477 e. The molecule has 1 aromatic heterocycles. The Morgan fingerprint density at radius 1 is 1.37 bits per heavy atom. The van der Waals surface area contributed by atoms with Crippen LogP contribution in [-0.2, 0) is 16.1 Å². The van der Waals surface area contributed by atoms with Gasteiger partial charge in [-0.2, -0.15) is 0 Å². The number of aryl methyl sites for hydroxylation is 1. The van der Waals surface area contributed by atoms with Crippen molar-refractivity contribution >= 4 is 46.8 Å². The van der Waals surface area contributed by atoms with Gasteiger partial charge in [-0.1, -0.05) is 12.2 Å². The minimum absolute atomic E-state index is 0.114. The maximum Gasteiger partial charge on any atom is 0.353 e. The molecule has 3 aliphatic heterocycles. The summed E-state index contributed by atoms with van der Waals surface area (Å²) in [6.45, 7) is 5.65. The normalized spacial score (nSPS) is 27.7. The van der Waals surface area contributed by atoms with Crippen LogP contribution in [0.5, 0.6) is 0 Å². The number of β-lactam (4-membered cyclic amide) rings is 1. The number of rotatable bonds is 7. The number of aromatic nitrogens is 4. The summed E-state index contributed by atoms with van der Waals surface area (Å²) in [6.07, 6.45) is 0.840. The lowest BCUT2D eigenvalue weighted by Gasteiger charge is -2.53. The number of likely N-dealkylation sites (N-methyl/N-ethyl adjacent to an activating group) is 1. The van der Waals surface area contributed by atoms with Crippen molar-refractivity contribution in [2.45, 2.75) is 23.9 Å². The van der Waals surface area contributed by atoms with Crippen molar-refractivity contribution in [2.75, 3.05) is 45.5 Å². The first-order valence-corrected chi connectivity index (χ1v) is 11.2. The van der Waals surface area contributed by atoms with Gasteiger partial charge in [0.05, 0.1) is 0 Å². The maximum atomic E-state index is 12.6. The molecule has 13 heteroatoms. The molecule has 0 spiro atoms. The number of carboxylic acids is 1. The van der Waals surface area contributed by atoms with E-state index >= 15 is 0 Å². The van der Waals surface area contributed by atoms with Gasteiger partial charge in [0.2, 0.25) is 0 Å². The number of fused-ring (bicyclic) bond motifs is 1. The van der Waals surface area contributed by atoms with Crippen LogP contribution in [0.25, 0.3) is 5.57 Å². The molecule has 0 aromatic carbocycles. The van der Waals surface area contributed by atoms with Gasteiger partial charge in [0.25, 0.3) is 5.91 Å². The number of carboxylic acid groups (broad SMARTS) is 1. The Hall–Kier alpha value is -1.93. The largest absolute Gasteiger partial charge is 0.477 e. The molecule has 2 fully saturated rings. The van der Waals surface area contributed by atoms with E-state index in [4.69, 9.17) is 18.0 Å². The van der Waals surface area contributed by atoms with Gasteiger partial charge in [-0.25, -0.2) is 9.48 Å². The molecule has 2 atom stereocenters. The molecule has 0 radical (unpaired) electrons. The summed E-state index contributed by atoms with van der Waals surface area (Å²) < 4.78 is 1.62. The molecule has 30 heavy (non-hydrogen) atoms. The lowest BCUT2D eigenvalue weighted by Crippen LogP contribution is -2.78. The zero-order valence-corrected chi connectivity index (χ0v) is 18.2. The Labute approximate surface area is 183 Å². The topological polar surface area (TPSA) is 134 Å². The minimum atomic E-state index is -1.32. The fourth-order valence-corrected chi connectivity index (χ4v) is 5.67. The molecule has 0 saturated carbocycles. The van der Waals surface area contributed by atoms with Gasteiger partial charge < -0.3 is 20.6 Å². The van der Waals surface area contributed by atoms with Gasteiger partial charge in [0.1, 0.15) is 11.1 Å². The molecule has 2 saturated heterocycles. The van der Waals surface area contributed by atoms with Crippen LogP contribution in [-0.4, -0.2) is 114 Å². The van der Waals surface area contributed by atoms with Crippen molar-refractivity contribution in [2.24, 2.45) is 5.73 Å². The average Bonchev–Trinajstić information content (AvgIpc) is 3.21. The molecule has 1 unspecified atom stereocenters. The third-order valence-corrected chi connectivity index (χ3v) is 7.55. The van der Waals surface area contributed by atoms with E-state index in [2.05, 4.69) is 32.4 Å². The number of nitrogens with two attached hydrogens (primary N) is 1. The smallest absolute Gasteiger partial charge is 0.353 e. The molecular formula is C17H24N8O3S2. The van der Waals surface area contributed by atoms with Crippen molar-refractivity contribution in [1.29, 1.82) is 0 Å². The number of carbonyl (C=O) groups excluding carboxylic acids is 1. The van der Waals surface area contributed by atoms with Crippen LogP contribution in [0, 0.1) is 0 Å². The second-order valence-corrected chi connectivity index (χ2v) is 9.05. The standard InChI is InChI=1S/C17H24N8O3S2/c1-22-5-7-23(8-6-22)3-2-4-24-13(19-20-21-24)11-9-30-16-17(18,10-29)15(28)25(16)12(11)14(26)27/h10,16H,2-9,18H2,1H3,(H,26,27)/t16-,17?/m0/s1. The Bertz CT molecular complexity index is 897. The third kappa shape index (κ3) is 3.54. The van der Waals surface area contributed by atoms with Crippen LogP contribution in [0.3, 0.4) is 0 Å². The highest BCUT2D eigenvalue weighted by Crippen LogP contribution is 2.46. The number of amides is 1. The lowest BCUT2D eigenvalue weighted by atomic mass is 9.89. The molecular weight excluding hydrogens is 428 g/mol. The van der Waals surface area contributed by atoms with E-state index in [0.29, 0.717) is 23.7 Å². The van der Waals surface area contributed by atoms with Crippen LogP contribution >= 0.6 is 24.0 Å². The monoisotopic (exact) mass is 452 g/mol. The second kappa shape index (κ2) is 8.30. The lowest BCUT2D eigenvalue weighted by molar-refractivity contribution is -0.150. The van der Waals surface area contributed by atoms with E-state index in [1.54, 1.807) is 4.68 Å². The highest BCUT2D eigenvalue weighted by Gasteiger charge is 2.62. The van der Waals surface area contributed by atoms with E-state index in [1.165, 1.54) is 22.0 Å². The summed E-state index contributed by atoms with van der Waals surface area (Å²) in [5.74, 6) is -1.01. The SMILES string of the molecule is CN1CCN(CCCn2nnnc2C2=C(C(=O)O)N3C(=O)C(N)(C=S)[C@@H]3SC2)CC1. The predicted octanol–water partition coefficient (Wildman–Crippen LogP) is -1.28. The molecule has 11 nitrogen and oxygen atoms in total. The number of hydrogen-bond donors (Lipinski definition) is 2. The van der Waals surface area contributed by atoms with Crippen molar-refractivity contribution in [3.63, 3.8) is 0 Å². The summed E-state index contributed by atoms with van der Waals surface area (Å²) >= 11 is 6.28. The summed E-state index contributed by atoms with van der Waals surface area (Å²) in [7, 11) is 2.12. The molecule has 1 aromatic rings. The van der Waals surface area contributed by atoms with Crippen molar-refractivity contribution in [1.82, 2.24) is 34.9 Å². The van der Waals surface area contributed by atoms with E-state index in [-0.39, 0.29) is 5.70 Å². The van der Waals surface area contributed by atoms with Crippen LogP contribution < -0.4 is 5.73 Å². The highest BCUT2D eigenvalue weighted by atomic mass is 32.2. The molecule has 0 bridgehead atoms. The summed E-state index contributed by atoms with van der Waals surface area (Å²) in [5.41, 5.74) is 5.05. The zero-order chi connectivity index (χ0) is 21.5. The van der Waals surface area contributed by atoms with Gasteiger partial charge in [0.15, 0.2) is 11.4 Å². The van der Waals surface area contributed by atoms with E-state index in [1.807, 2.05) is 0 Å². The number of aliphatic carboxylic acids is 1. The summed E-state index contributed by atoms with van der Waals surface area (Å²) in [5, 5.41) is 22.4. The summed E-state index contributed by atoms with van der Waals surface area (Å²) in [4.78, 5) is 30.5. The molecule has 1 amide bonds. The van der Waals surface area contributed by atoms with Crippen molar-refractivity contribution < 1.29 is 14.7 Å². The van der Waals surface area contributed by atoms with Crippen LogP contribution in [0.15, 0.2) is 5.70 Å². The van der Waals surface area contributed by atoms with Crippen molar-refractivity contribution in [3.8, 4) is 0 Å². The average molecular weight is 453 g/mol. The predicted molar refractivity (Wildman–Crippen MR) is 115 cm³/mol. The molecule has 162 valence electrons. The fourth-order valence-electron chi connectivity index (χ4n) is 3.97.